The summed E-state index contributed by atoms with van der Waals surface area (Å²) in [5.41, 5.74) is 3.37. The Morgan fingerprint density at radius 2 is 1.93 bits per heavy atom. The number of nitrogens with one attached hydrogen (secondary N) is 1. The molecule has 3 rings (SSSR count). The number of hydrogen-bond donors (Lipinski definition) is 1. The topological polar surface area (TPSA) is 75.7 Å². The second kappa shape index (κ2) is 8.32. The largest absolute Gasteiger partial charge is 0.497 e. The third-order valence-electron chi connectivity index (χ3n) is 4.89. The van der Waals surface area contributed by atoms with Gasteiger partial charge in [0.2, 0.25) is 10.0 Å². The number of fused-ring (bicyclic) bond motifs is 1. The fourth-order valence-corrected chi connectivity index (χ4v) is 4.55. The van der Waals surface area contributed by atoms with E-state index in [-0.39, 0.29) is 24.2 Å². The van der Waals surface area contributed by atoms with Crippen LogP contribution in [0.3, 0.4) is 0 Å². The minimum absolute atomic E-state index is 0.0386. The minimum atomic E-state index is -3.28. The molecule has 28 heavy (non-hydrogen) atoms. The summed E-state index contributed by atoms with van der Waals surface area (Å²) in [5.74, 6) is 0.738. The molecule has 6 nitrogen and oxygen atoms in total. The first-order chi connectivity index (χ1) is 13.3. The zero-order valence-electron chi connectivity index (χ0n) is 16.4. The van der Waals surface area contributed by atoms with E-state index in [0.29, 0.717) is 17.7 Å². The van der Waals surface area contributed by atoms with Crippen molar-refractivity contribution in [2.45, 2.75) is 39.3 Å². The zero-order valence-corrected chi connectivity index (χ0v) is 17.3. The Labute approximate surface area is 166 Å². The Morgan fingerprint density at radius 1 is 1.21 bits per heavy atom. The molecule has 1 amide bonds. The van der Waals surface area contributed by atoms with Crippen molar-refractivity contribution in [3.63, 3.8) is 0 Å². The minimum Gasteiger partial charge on any atom is -0.497 e. The number of hydrogen-bond acceptors (Lipinski definition) is 4. The fraction of sp³-hybridized carbons (Fsp3) is 0.381. The van der Waals surface area contributed by atoms with Gasteiger partial charge in [0.25, 0.3) is 5.91 Å². The number of nitrogens with zero attached hydrogens (tertiary/aromatic N) is 1. The SMILES string of the molecule is CCCS(=O)(=O)NCc1ccc2c(c1)N(C(=O)c1ccc(OC)cc1)C(C)C2. The van der Waals surface area contributed by atoms with Crippen molar-refractivity contribution >= 4 is 21.6 Å². The maximum Gasteiger partial charge on any atom is 0.258 e. The van der Waals surface area contributed by atoms with Crippen LogP contribution in [0.2, 0.25) is 0 Å². The first-order valence-electron chi connectivity index (χ1n) is 9.41. The molecule has 1 unspecified atom stereocenters. The quantitative estimate of drug-likeness (QED) is 0.772. The summed E-state index contributed by atoms with van der Waals surface area (Å²) in [4.78, 5) is 14.9. The first kappa shape index (κ1) is 20.4. The number of rotatable bonds is 7. The second-order valence-electron chi connectivity index (χ2n) is 7.06. The third kappa shape index (κ3) is 4.36. The molecule has 1 aliphatic rings. The highest BCUT2D eigenvalue weighted by Gasteiger charge is 2.31. The molecule has 2 aromatic carbocycles. The van der Waals surface area contributed by atoms with E-state index in [1.807, 2.05) is 32.0 Å². The number of ether oxygens (including phenoxy) is 1. The van der Waals surface area contributed by atoms with Crippen LogP contribution in [0.25, 0.3) is 0 Å². The molecular formula is C21H26N2O4S. The molecule has 1 aliphatic heterocycles. The maximum absolute atomic E-state index is 13.1. The van der Waals surface area contributed by atoms with E-state index in [9.17, 15) is 13.2 Å². The average Bonchev–Trinajstić information content (AvgIpc) is 3.01. The molecule has 1 N–H and O–H groups in total. The molecule has 150 valence electrons. The molecule has 7 heteroatoms. The van der Waals surface area contributed by atoms with E-state index in [1.165, 1.54) is 0 Å². The predicted octanol–water partition coefficient (Wildman–Crippen LogP) is 3.12. The lowest BCUT2D eigenvalue weighted by atomic mass is 10.1. The van der Waals surface area contributed by atoms with Gasteiger partial charge in [0, 0.05) is 23.8 Å². The molecule has 2 aromatic rings. The summed E-state index contributed by atoms with van der Waals surface area (Å²) in [6.45, 7) is 4.07. The van der Waals surface area contributed by atoms with Crippen LogP contribution in [0.1, 0.15) is 41.8 Å². The third-order valence-corrected chi connectivity index (χ3v) is 6.42. The van der Waals surface area contributed by atoms with Crippen LogP contribution < -0.4 is 14.4 Å². The number of sulfonamides is 1. The van der Waals surface area contributed by atoms with Crippen LogP contribution in [0.4, 0.5) is 5.69 Å². The molecule has 0 aliphatic carbocycles. The van der Waals surface area contributed by atoms with E-state index >= 15 is 0 Å². The van der Waals surface area contributed by atoms with Crippen LogP contribution in [-0.2, 0) is 23.0 Å². The summed E-state index contributed by atoms with van der Waals surface area (Å²) in [5, 5.41) is 0. The van der Waals surface area contributed by atoms with E-state index in [1.54, 1.807) is 36.3 Å². The lowest BCUT2D eigenvalue weighted by molar-refractivity contribution is 0.0981. The molecule has 0 saturated carbocycles. The van der Waals surface area contributed by atoms with Crippen molar-refractivity contribution in [3.05, 3.63) is 59.2 Å². The number of carbonyl (C=O) groups is 1. The van der Waals surface area contributed by atoms with E-state index in [2.05, 4.69) is 4.72 Å². The Hall–Kier alpha value is -2.38. The molecule has 0 bridgehead atoms. The summed E-state index contributed by atoms with van der Waals surface area (Å²) in [6.07, 6.45) is 1.35. The second-order valence-corrected chi connectivity index (χ2v) is 8.99. The highest BCUT2D eigenvalue weighted by atomic mass is 32.2. The maximum atomic E-state index is 13.1. The smallest absolute Gasteiger partial charge is 0.258 e. The van der Waals surface area contributed by atoms with Gasteiger partial charge in [0.05, 0.1) is 12.9 Å². The Kier molecular flexibility index (Phi) is 6.05. The Bertz CT molecular complexity index is 955. The van der Waals surface area contributed by atoms with Gasteiger partial charge in [-0.25, -0.2) is 13.1 Å². The lowest BCUT2D eigenvalue weighted by Crippen LogP contribution is -2.35. The van der Waals surface area contributed by atoms with Crippen molar-refractivity contribution in [2.24, 2.45) is 0 Å². The van der Waals surface area contributed by atoms with Gasteiger partial charge in [-0.05, 0) is 61.2 Å². The molecule has 1 heterocycles. The molecule has 0 spiro atoms. The van der Waals surface area contributed by atoms with Gasteiger partial charge in [-0.3, -0.25) is 4.79 Å². The number of amides is 1. The average molecular weight is 403 g/mol. The monoisotopic (exact) mass is 402 g/mol. The van der Waals surface area contributed by atoms with Crippen LogP contribution in [0.5, 0.6) is 5.75 Å². The van der Waals surface area contributed by atoms with Gasteiger partial charge in [0.15, 0.2) is 0 Å². The molecule has 0 fully saturated rings. The summed E-state index contributed by atoms with van der Waals surface area (Å²) in [6, 6.07) is 12.9. The van der Waals surface area contributed by atoms with Gasteiger partial charge >= 0.3 is 0 Å². The lowest BCUT2D eigenvalue weighted by Gasteiger charge is -2.23. The van der Waals surface area contributed by atoms with Crippen LogP contribution in [0, 0.1) is 0 Å². The Morgan fingerprint density at radius 3 is 2.57 bits per heavy atom. The molecule has 0 aromatic heterocycles. The number of benzene rings is 2. The Balaban J connectivity index is 1.83. The molecule has 1 atom stereocenters. The first-order valence-corrected chi connectivity index (χ1v) is 11.1. The predicted molar refractivity (Wildman–Crippen MR) is 110 cm³/mol. The summed E-state index contributed by atoms with van der Waals surface area (Å²) in [7, 11) is -1.69. The summed E-state index contributed by atoms with van der Waals surface area (Å²) < 4.78 is 31.6. The normalized spacial score (nSPS) is 16.1. The van der Waals surface area contributed by atoms with Crippen molar-refractivity contribution in [3.8, 4) is 5.75 Å². The van der Waals surface area contributed by atoms with Crippen LogP contribution in [-0.4, -0.2) is 33.2 Å². The highest BCUT2D eigenvalue weighted by molar-refractivity contribution is 7.89. The van der Waals surface area contributed by atoms with Gasteiger partial charge in [-0.2, -0.15) is 0 Å². The van der Waals surface area contributed by atoms with E-state index in [4.69, 9.17) is 4.74 Å². The number of carbonyl (C=O) groups excluding carboxylic acids is 1. The molecular weight excluding hydrogens is 376 g/mol. The highest BCUT2D eigenvalue weighted by Crippen LogP contribution is 2.34. The number of methoxy groups -OCH3 is 1. The zero-order chi connectivity index (χ0) is 20.3. The van der Waals surface area contributed by atoms with Gasteiger partial charge in [-0.1, -0.05) is 19.1 Å². The van der Waals surface area contributed by atoms with Crippen molar-refractivity contribution in [1.29, 1.82) is 0 Å². The van der Waals surface area contributed by atoms with Crippen molar-refractivity contribution in [1.82, 2.24) is 4.72 Å². The van der Waals surface area contributed by atoms with Gasteiger partial charge < -0.3 is 9.64 Å². The standard InChI is InChI=1S/C21H26N2O4S/c1-4-11-28(25,26)22-14-16-5-6-18-12-15(2)23(20(18)13-16)21(24)17-7-9-19(27-3)10-8-17/h5-10,13,15,22H,4,11-12,14H2,1-3H3. The summed E-state index contributed by atoms with van der Waals surface area (Å²) >= 11 is 0. The molecule has 0 radical (unpaired) electrons. The van der Waals surface area contributed by atoms with Crippen molar-refractivity contribution in [2.75, 3.05) is 17.8 Å². The van der Waals surface area contributed by atoms with Crippen LogP contribution in [0.15, 0.2) is 42.5 Å². The van der Waals surface area contributed by atoms with Gasteiger partial charge in [0.1, 0.15) is 5.75 Å². The van der Waals surface area contributed by atoms with Gasteiger partial charge in [-0.15, -0.1) is 0 Å². The fourth-order valence-electron chi connectivity index (χ4n) is 3.48. The number of anilines is 1. The van der Waals surface area contributed by atoms with E-state index in [0.717, 1.165) is 23.2 Å². The molecule has 0 saturated heterocycles. The van der Waals surface area contributed by atoms with Crippen LogP contribution >= 0.6 is 0 Å². The van der Waals surface area contributed by atoms with E-state index < -0.39 is 10.0 Å². The van der Waals surface area contributed by atoms with Crippen molar-refractivity contribution < 1.29 is 17.9 Å².